The van der Waals surface area contributed by atoms with Crippen LogP contribution in [0.1, 0.15) is 0 Å². The van der Waals surface area contributed by atoms with Gasteiger partial charge in [0.15, 0.2) is 0 Å². The van der Waals surface area contributed by atoms with Crippen molar-refractivity contribution in [1.29, 1.82) is 0 Å². The Bertz CT molecular complexity index is 1060. The summed E-state index contributed by atoms with van der Waals surface area (Å²) in [6.45, 7) is 0. The number of nitrogens with one attached hydrogen (secondary N) is 1. The average Bonchev–Trinajstić information content (AvgIpc) is 2.94. The van der Waals surface area contributed by atoms with E-state index in [9.17, 15) is 4.39 Å². The van der Waals surface area contributed by atoms with E-state index in [1.807, 2.05) is 30.3 Å². The number of nitrogen functional groups attached to an aromatic ring is 1. The number of rotatable bonds is 3. The van der Waals surface area contributed by atoms with Crippen LogP contribution in [0.4, 0.5) is 20.8 Å². The van der Waals surface area contributed by atoms with Crippen LogP contribution >= 0.6 is 22.9 Å². The van der Waals surface area contributed by atoms with E-state index >= 15 is 0 Å². The Hall–Kier alpha value is -2.56. The topological polar surface area (TPSA) is 38.0 Å². The molecular formula is C20H14ClFN2S. The third-order valence-electron chi connectivity index (χ3n) is 4.02. The molecule has 3 N–H and O–H groups in total. The van der Waals surface area contributed by atoms with Gasteiger partial charge in [0.05, 0.1) is 10.7 Å². The second kappa shape index (κ2) is 6.39. The van der Waals surface area contributed by atoms with Crippen LogP contribution in [0.5, 0.6) is 0 Å². The quantitative estimate of drug-likeness (QED) is 0.423. The Morgan fingerprint density at radius 1 is 0.960 bits per heavy atom. The molecule has 4 rings (SSSR count). The lowest BCUT2D eigenvalue weighted by atomic mass is 10.0. The van der Waals surface area contributed by atoms with E-state index in [1.165, 1.54) is 17.4 Å². The highest BCUT2D eigenvalue weighted by Crippen LogP contribution is 2.44. The first kappa shape index (κ1) is 15.9. The first-order chi connectivity index (χ1) is 12.1. The van der Waals surface area contributed by atoms with Gasteiger partial charge in [0.1, 0.15) is 10.8 Å². The third kappa shape index (κ3) is 2.95. The number of nitrogens with two attached hydrogens (primary N) is 1. The fourth-order valence-electron chi connectivity index (χ4n) is 2.83. The van der Waals surface area contributed by atoms with Crippen LogP contribution in [0, 0.1) is 5.82 Å². The van der Waals surface area contributed by atoms with Crippen LogP contribution in [-0.4, -0.2) is 0 Å². The van der Waals surface area contributed by atoms with Gasteiger partial charge in [-0.3, -0.25) is 0 Å². The minimum absolute atomic E-state index is 0.0769. The van der Waals surface area contributed by atoms with E-state index in [2.05, 4.69) is 23.5 Å². The summed E-state index contributed by atoms with van der Waals surface area (Å²) in [6, 6.07) is 20.9. The molecule has 0 saturated carbocycles. The second-order valence-corrected chi connectivity index (χ2v) is 7.10. The highest BCUT2D eigenvalue weighted by Gasteiger charge is 2.14. The largest absolute Gasteiger partial charge is 0.389 e. The van der Waals surface area contributed by atoms with E-state index in [4.69, 9.17) is 17.3 Å². The van der Waals surface area contributed by atoms with Crippen molar-refractivity contribution >= 4 is 49.4 Å². The van der Waals surface area contributed by atoms with E-state index in [1.54, 1.807) is 12.1 Å². The van der Waals surface area contributed by atoms with E-state index in [0.29, 0.717) is 10.7 Å². The molecule has 1 aromatic heterocycles. The van der Waals surface area contributed by atoms with Gasteiger partial charge in [-0.05, 0) is 29.3 Å². The van der Waals surface area contributed by atoms with Crippen molar-refractivity contribution in [1.82, 2.24) is 0 Å². The summed E-state index contributed by atoms with van der Waals surface area (Å²) in [5, 5.41) is 5.06. The molecule has 124 valence electrons. The number of thiophene rings is 1. The van der Waals surface area contributed by atoms with E-state index in [0.717, 1.165) is 26.9 Å². The molecule has 4 aromatic rings. The normalized spacial score (nSPS) is 11.0. The Morgan fingerprint density at radius 3 is 2.52 bits per heavy atom. The molecule has 0 aliphatic carbocycles. The van der Waals surface area contributed by atoms with Gasteiger partial charge in [-0.15, -0.1) is 11.3 Å². The van der Waals surface area contributed by atoms with E-state index in [-0.39, 0.29) is 5.02 Å². The Balaban J connectivity index is 1.83. The highest BCUT2D eigenvalue weighted by atomic mass is 35.5. The highest BCUT2D eigenvalue weighted by molar-refractivity contribution is 7.24. The maximum absolute atomic E-state index is 13.4. The van der Waals surface area contributed by atoms with Crippen molar-refractivity contribution in [2.45, 2.75) is 0 Å². The zero-order valence-electron chi connectivity index (χ0n) is 13.1. The van der Waals surface area contributed by atoms with Crippen LogP contribution in [0.25, 0.3) is 21.2 Å². The van der Waals surface area contributed by atoms with Crippen molar-refractivity contribution in [2.24, 2.45) is 0 Å². The van der Waals surface area contributed by atoms with Gasteiger partial charge < -0.3 is 11.1 Å². The van der Waals surface area contributed by atoms with Crippen molar-refractivity contribution in [3.05, 3.63) is 77.6 Å². The molecule has 0 atom stereocenters. The van der Waals surface area contributed by atoms with Gasteiger partial charge in [0.25, 0.3) is 0 Å². The number of halogens is 2. The monoisotopic (exact) mass is 368 g/mol. The molecule has 25 heavy (non-hydrogen) atoms. The lowest BCUT2D eigenvalue weighted by Crippen LogP contribution is -1.93. The summed E-state index contributed by atoms with van der Waals surface area (Å²) in [6.07, 6.45) is 0. The van der Waals surface area contributed by atoms with Crippen molar-refractivity contribution < 1.29 is 4.39 Å². The van der Waals surface area contributed by atoms with Crippen molar-refractivity contribution in [3.63, 3.8) is 0 Å². The zero-order chi connectivity index (χ0) is 17.4. The molecule has 2 nitrogen and oxygen atoms in total. The van der Waals surface area contributed by atoms with Gasteiger partial charge in [-0.2, -0.15) is 0 Å². The molecule has 0 amide bonds. The summed E-state index contributed by atoms with van der Waals surface area (Å²) in [4.78, 5) is 0. The number of hydrogen-bond donors (Lipinski definition) is 2. The molecule has 0 fully saturated rings. The first-order valence-electron chi connectivity index (χ1n) is 7.72. The Labute approximate surface area is 153 Å². The van der Waals surface area contributed by atoms with Gasteiger partial charge in [0.2, 0.25) is 0 Å². The van der Waals surface area contributed by atoms with Crippen LogP contribution in [0.15, 0.2) is 66.7 Å². The van der Waals surface area contributed by atoms with E-state index < -0.39 is 5.82 Å². The number of fused-ring (bicyclic) bond motifs is 1. The fraction of sp³-hybridized carbons (Fsp3) is 0. The Morgan fingerprint density at radius 2 is 1.76 bits per heavy atom. The Kier molecular flexibility index (Phi) is 4.07. The lowest BCUT2D eigenvalue weighted by molar-refractivity contribution is 0.628. The zero-order valence-corrected chi connectivity index (χ0v) is 14.7. The molecule has 0 spiro atoms. The fourth-order valence-corrected chi connectivity index (χ4v) is 4.07. The van der Waals surface area contributed by atoms with Gasteiger partial charge >= 0.3 is 0 Å². The molecule has 5 heteroatoms. The predicted octanol–water partition coefficient (Wildman–Crippen LogP) is 6.69. The molecule has 0 bridgehead atoms. The van der Waals surface area contributed by atoms with Crippen molar-refractivity contribution in [2.75, 3.05) is 11.1 Å². The third-order valence-corrected chi connectivity index (χ3v) is 5.37. The SMILES string of the molecule is Nc1sc2c(-c3ccccc3)cccc2c1Nc1ccc(F)c(Cl)c1. The standard InChI is InChI=1S/C20H14ClFN2S/c21-16-11-13(9-10-17(16)22)24-18-15-8-4-7-14(19(15)25-20(18)23)12-5-2-1-3-6-12/h1-11,24H,23H2. The smallest absolute Gasteiger partial charge is 0.141 e. The predicted molar refractivity (Wildman–Crippen MR) is 106 cm³/mol. The second-order valence-electron chi connectivity index (χ2n) is 5.64. The molecule has 3 aromatic carbocycles. The number of hydrogen-bond acceptors (Lipinski definition) is 3. The van der Waals surface area contributed by atoms with Gasteiger partial charge in [-0.1, -0.05) is 60.1 Å². The summed E-state index contributed by atoms with van der Waals surface area (Å²) in [5.41, 5.74) is 10.1. The molecule has 0 unspecified atom stereocenters. The van der Waals surface area contributed by atoms with Crippen LogP contribution in [0.2, 0.25) is 5.02 Å². The molecule has 0 saturated heterocycles. The maximum Gasteiger partial charge on any atom is 0.141 e. The van der Waals surface area contributed by atoms with Gasteiger partial charge in [0, 0.05) is 15.8 Å². The van der Waals surface area contributed by atoms with Crippen LogP contribution < -0.4 is 11.1 Å². The molecule has 0 aliphatic rings. The molecule has 0 radical (unpaired) electrons. The summed E-state index contributed by atoms with van der Waals surface area (Å²) < 4.78 is 14.5. The molecular weight excluding hydrogens is 355 g/mol. The number of anilines is 3. The summed E-state index contributed by atoms with van der Waals surface area (Å²) in [7, 11) is 0. The summed E-state index contributed by atoms with van der Waals surface area (Å²) >= 11 is 7.41. The maximum atomic E-state index is 13.4. The number of benzene rings is 3. The van der Waals surface area contributed by atoms with Crippen LogP contribution in [0.3, 0.4) is 0 Å². The van der Waals surface area contributed by atoms with Crippen LogP contribution in [-0.2, 0) is 0 Å². The molecule has 1 heterocycles. The average molecular weight is 369 g/mol. The minimum Gasteiger partial charge on any atom is -0.389 e. The minimum atomic E-state index is -0.443. The summed E-state index contributed by atoms with van der Waals surface area (Å²) in [5.74, 6) is -0.443. The lowest BCUT2D eigenvalue weighted by Gasteiger charge is -2.08. The first-order valence-corrected chi connectivity index (χ1v) is 8.91. The molecule has 0 aliphatic heterocycles. The van der Waals surface area contributed by atoms with Crippen molar-refractivity contribution in [3.8, 4) is 11.1 Å². The van der Waals surface area contributed by atoms with Gasteiger partial charge in [-0.25, -0.2) is 4.39 Å².